The second kappa shape index (κ2) is 5.41. The van der Waals surface area contributed by atoms with Crippen molar-refractivity contribution in [2.45, 2.75) is 71.1 Å². The van der Waals surface area contributed by atoms with Gasteiger partial charge >= 0.3 is 5.97 Å². The van der Waals surface area contributed by atoms with E-state index in [0.717, 1.165) is 44.4 Å². The standard InChI is InChI=1S/C15H26O2/c1-12-6-8-13(9-7-12)15(14(16)17)10-4-2-3-5-11-15/h12-13H,2-11H2,1H3,(H,16,17). The quantitative estimate of drug-likeness (QED) is 0.731. The molecule has 17 heavy (non-hydrogen) atoms. The number of rotatable bonds is 2. The van der Waals surface area contributed by atoms with Crippen LogP contribution in [0, 0.1) is 17.3 Å². The zero-order valence-corrected chi connectivity index (χ0v) is 11.1. The minimum atomic E-state index is -0.501. The van der Waals surface area contributed by atoms with Crippen molar-refractivity contribution < 1.29 is 9.90 Å². The molecule has 0 aliphatic heterocycles. The number of hydrogen-bond acceptors (Lipinski definition) is 1. The molecule has 2 aliphatic rings. The van der Waals surface area contributed by atoms with Gasteiger partial charge in [-0.25, -0.2) is 0 Å². The van der Waals surface area contributed by atoms with Gasteiger partial charge in [-0.2, -0.15) is 0 Å². The molecule has 0 spiro atoms. The van der Waals surface area contributed by atoms with Crippen molar-refractivity contribution in [2.24, 2.45) is 17.3 Å². The molecule has 0 amide bonds. The molecule has 2 rings (SSSR count). The first-order valence-corrected chi connectivity index (χ1v) is 7.38. The number of carboxylic acid groups (broad SMARTS) is 1. The summed E-state index contributed by atoms with van der Waals surface area (Å²) in [5.74, 6) is 0.760. The molecule has 2 fully saturated rings. The third-order valence-electron chi connectivity index (χ3n) is 5.22. The Morgan fingerprint density at radius 2 is 1.53 bits per heavy atom. The van der Waals surface area contributed by atoms with Crippen molar-refractivity contribution in [3.63, 3.8) is 0 Å². The molecule has 0 heterocycles. The Labute approximate surface area is 105 Å². The highest BCUT2D eigenvalue weighted by Gasteiger charge is 2.45. The van der Waals surface area contributed by atoms with E-state index in [4.69, 9.17) is 0 Å². The van der Waals surface area contributed by atoms with Crippen LogP contribution in [-0.4, -0.2) is 11.1 Å². The van der Waals surface area contributed by atoms with Crippen LogP contribution < -0.4 is 0 Å². The maximum atomic E-state index is 11.8. The van der Waals surface area contributed by atoms with Gasteiger partial charge in [0.15, 0.2) is 0 Å². The minimum Gasteiger partial charge on any atom is -0.481 e. The molecule has 0 unspecified atom stereocenters. The molecule has 1 N–H and O–H groups in total. The van der Waals surface area contributed by atoms with Gasteiger partial charge in [-0.05, 0) is 37.5 Å². The van der Waals surface area contributed by atoms with E-state index in [1.54, 1.807) is 0 Å². The molecule has 0 bridgehead atoms. The molecule has 0 aromatic carbocycles. The maximum Gasteiger partial charge on any atom is 0.309 e. The van der Waals surface area contributed by atoms with Gasteiger partial charge in [0.2, 0.25) is 0 Å². The van der Waals surface area contributed by atoms with Gasteiger partial charge in [-0.1, -0.05) is 45.4 Å². The predicted octanol–water partition coefficient (Wildman–Crippen LogP) is 4.24. The molecule has 2 aliphatic carbocycles. The van der Waals surface area contributed by atoms with Gasteiger partial charge in [0.05, 0.1) is 5.41 Å². The van der Waals surface area contributed by atoms with Crippen molar-refractivity contribution >= 4 is 5.97 Å². The second-order valence-corrected chi connectivity index (χ2v) is 6.33. The predicted molar refractivity (Wildman–Crippen MR) is 68.9 cm³/mol. The SMILES string of the molecule is CC1CCC(C2(C(=O)O)CCCCCC2)CC1. The third kappa shape index (κ3) is 2.66. The Balaban J connectivity index is 2.12. The molecule has 0 aromatic heterocycles. The van der Waals surface area contributed by atoms with Gasteiger partial charge < -0.3 is 5.11 Å². The van der Waals surface area contributed by atoms with Crippen LogP contribution in [0.4, 0.5) is 0 Å². The fourth-order valence-corrected chi connectivity index (χ4v) is 3.97. The van der Waals surface area contributed by atoms with E-state index in [9.17, 15) is 9.90 Å². The Morgan fingerprint density at radius 1 is 1.00 bits per heavy atom. The summed E-state index contributed by atoms with van der Waals surface area (Å²) < 4.78 is 0. The van der Waals surface area contributed by atoms with Gasteiger partial charge in [-0.3, -0.25) is 4.79 Å². The summed E-state index contributed by atoms with van der Waals surface area (Å²) in [5, 5.41) is 9.73. The average molecular weight is 238 g/mol. The van der Waals surface area contributed by atoms with E-state index in [2.05, 4.69) is 6.92 Å². The Morgan fingerprint density at radius 3 is 2.00 bits per heavy atom. The highest BCUT2D eigenvalue weighted by atomic mass is 16.4. The van der Waals surface area contributed by atoms with Crippen molar-refractivity contribution in [1.29, 1.82) is 0 Å². The monoisotopic (exact) mass is 238 g/mol. The number of aliphatic carboxylic acids is 1. The molecule has 0 aromatic rings. The van der Waals surface area contributed by atoms with Crippen LogP contribution >= 0.6 is 0 Å². The fraction of sp³-hybridized carbons (Fsp3) is 0.933. The summed E-state index contributed by atoms with van der Waals surface area (Å²) in [5.41, 5.74) is -0.364. The van der Waals surface area contributed by atoms with Gasteiger partial charge in [-0.15, -0.1) is 0 Å². The summed E-state index contributed by atoms with van der Waals surface area (Å²) in [6, 6.07) is 0. The van der Waals surface area contributed by atoms with E-state index in [-0.39, 0.29) is 5.41 Å². The molecule has 2 heteroatoms. The Bertz CT molecular complexity index is 256. The van der Waals surface area contributed by atoms with Crippen molar-refractivity contribution in [2.75, 3.05) is 0 Å². The van der Waals surface area contributed by atoms with Gasteiger partial charge in [0, 0.05) is 0 Å². The second-order valence-electron chi connectivity index (χ2n) is 6.33. The topological polar surface area (TPSA) is 37.3 Å². The largest absolute Gasteiger partial charge is 0.481 e. The van der Waals surface area contributed by atoms with Gasteiger partial charge in [0.25, 0.3) is 0 Å². The zero-order chi connectivity index (χ0) is 12.3. The van der Waals surface area contributed by atoms with Crippen molar-refractivity contribution in [1.82, 2.24) is 0 Å². The zero-order valence-electron chi connectivity index (χ0n) is 11.1. The summed E-state index contributed by atoms with van der Waals surface area (Å²) in [6.45, 7) is 2.30. The lowest BCUT2D eigenvalue weighted by Gasteiger charge is -2.40. The fourth-order valence-electron chi connectivity index (χ4n) is 3.97. The van der Waals surface area contributed by atoms with Crippen LogP contribution in [-0.2, 0) is 4.79 Å². The molecule has 2 saturated carbocycles. The van der Waals surface area contributed by atoms with E-state index in [1.165, 1.54) is 25.7 Å². The van der Waals surface area contributed by atoms with E-state index in [0.29, 0.717) is 5.92 Å². The summed E-state index contributed by atoms with van der Waals surface area (Å²) in [7, 11) is 0. The van der Waals surface area contributed by atoms with Crippen LogP contribution in [0.3, 0.4) is 0 Å². The Kier molecular flexibility index (Phi) is 4.11. The Hall–Kier alpha value is -0.530. The molecule has 0 saturated heterocycles. The average Bonchev–Trinajstić information content (AvgIpc) is 2.56. The first-order valence-electron chi connectivity index (χ1n) is 7.38. The molecule has 98 valence electrons. The van der Waals surface area contributed by atoms with Gasteiger partial charge in [0.1, 0.15) is 0 Å². The van der Waals surface area contributed by atoms with Crippen LogP contribution in [0.5, 0.6) is 0 Å². The van der Waals surface area contributed by atoms with E-state index < -0.39 is 5.97 Å². The van der Waals surface area contributed by atoms with Crippen LogP contribution in [0.1, 0.15) is 71.1 Å². The lowest BCUT2D eigenvalue weighted by molar-refractivity contribution is -0.155. The van der Waals surface area contributed by atoms with Crippen LogP contribution in [0.15, 0.2) is 0 Å². The van der Waals surface area contributed by atoms with E-state index in [1.807, 2.05) is 0 Å². The normalized spacial score (nSPS) is 33.9. The lowest BCUT2D eigenvalue weighted by atomic mass is 9.63. The number of carbonyl (C=O) groups is 1. The van der Waals surface area contributed by atoms with E-state index >= 15 is 0 Å². The highest BCUT2D eigenvalue weighted by Crippen LogP contribution is 2.48. The molecule has 0 atom stereocenters. The first-order chi connectivity index (χ1) is 8.15. The lowest BCUT2D eigenvalue weighted by Crippen LogP contribution is -2.40. The minimum absolute atomic E-state index is 0.364. The van der Waals surface area contributed by atoms with Crippen LogP contribution in [0.2, 0.25) is 0 Å². The summed E-state index contributed by atoms with van der Waals surface area (Å²) >= 11 is 0. The smallest absolute Gasteiger partial charge is 0.309 e. The van der Waals surface area contributed by atoms with Crippen molar-refractivity contribution in [3.05, 3.63) is 0 Å². The first kappa shape index (κ1) is 12.9. The highest BCUT2D eigenvalue weighted by molar-refractivity contribution is 5.75. The number of hydrogen-bond donors (Lipinski definition) is 1. The molecular weight excluding hydrogens is 212 g/mol. The number of carboxylic acids is 1. The van der Waals surface area contributed by atoms with Crippen LogP contribution in [0.25, 0.3) is 0 Å². The summed E-state index contributed by atoms with van der Waals surface area (Å²) in [6.07, 6.45) is 11.3. The molecule has 2 nitrogen and oxygen atoms in total. The molecule has 0 radical (unpaired) electrons. The maximum absolute atomic E-state index is 11.8. The van der Waals surface area contributed by atoms with Crippen molar-refractivity contribution in [3.8, 4) is 0 Å². The summed E-state index contributed by atoms with van der Waals surface area (Å²) in [4.78, 5) is 11.8. The molecular formula is C15H26O2. The third-order valence-corrected chi connectivity index (χ3v) is 5.22.